The van der Waals surface area contributed by atoms with Crippen LogP contribution in [-0.4, -0.2) is 33.4 Å². The number of hydrogen-bond donors (Lipinski definition) is 2. The Kier molecular flexibility index (Phi) is 6.25. The van der Waals surface area contributed by atoms with Crippen LogP contribution in [0.3, 0.4) is 0 Å². The Labute approximate surface area is 218 Å². The lowest BCUT2D eigenvalue weighted by molar-refractivity contribution is 0.497. The van der Waals surface area contributed by atoms with E-state index in [-0.39, 0.29) is 40.4 Å². The summed E-state index contributed by atoms with van der Waals surface area (Å²) in [6.07, 6.45) is 7.69. The van der Waals surface area contributed by atoms with Gasteiger partial charge in [0.2, 0.25) is 10.0 Å². The zero-order chi connectivity index (χ0) is 26.6. The molecule has 0 radical (unpaired) electrons. The number of rotatable bonds is 6. The summed E-state index contributed by atoms with van der Waals surface area (Å²) in [5.74, 6) is 0.0932. The second kappa shape index (κ2) is 9.16. The number of aromatic nitrogens is 4. The highest BCUT2D eigenvalue weighted by Gasteiger charge is 2.30. The van der Waals surface area contributed by atoms with Gasteiger partial charge in [-0.25, -0.2) is 18.4 Å². The number of nitrogens with zero attached hydrogens (tertiary/aromatic N) is 4. The van der Waals surface area contributed by atoms with Gasteiger partial charge in [0.1, 0.15) is 5.39 Å². The summed E-state index contributed by atoms with van der Waals surface area (Å²) in [4.78, 5) is 26.5. The van der Waals surface area contributed by atoms with Crippen LogP contribution in [0.5, 0.6) is 0 Å². The molecule has 3 N–H and O–H groups in total. The van der Waals surface area contributed by atoms with Crippen LogP contribution >= 0.6 is 11.6 Å². The molecular weight excluding hydrogens is 516 g/mol. The second-order valence-electron chi connectivity index (χ2n) is 9.78. The fourth-order valence-corrected chi connectivity index (χ4v) is 5.65. The first-order valence-electron chi connectivity index (χ1n) is 11.8. The number of benzene rings is 1. The van der Waals surface area contributed by atoms with Gasteiger partial charge < -0.3 is 5.32 Å². The maximum atomic E-state index is 13.5. The van der Waals surface area contributed by atoms with Crippen molar-refractivity contribution in [3.05, 3.63) is 80.1 Å². The van der Waals surface area contributed by atoms with Crippen molar-refractivity contribution in [1.82, 2.24) is 24.2 Å². The molecule has 194 valence electrons. The minimum absolute atomic E-state index is 0.0193. The fraction of sp³-hybridized carbons (Fsp3) is 0.320. The van der Waals surface area contributed by atoms with Crippen LogP contribution in [0.1, 0.15) is 13.8 Å². The number of sulfonamides is 1. The molecule has 2 unspecified atom stereocenters. The Morgan fingerprint density at radius 1 is 1.24 bits per heavy atom. The van der Waals surface area contributed by atoms with Crippen LogP contribution in [-0.2, 0) is 30.2 Å². The van der Waals surface area contributed by atoms with Crippen LogP contribution < -0.4 is 21.7 Å². The number of fused-ring (bicyclic) bond motifs is 2. The highest BCUT2D eigenvalue weighted by molar-refractivity contribution is 7.89. The minimum atomic E-state index is -4.00. The van der Waals surface area contributed by atoms with Gasteiger partial charge in [-0.3, -0.25) is 18.6 Å². The minimum Gasteiger partial charge on any atom is -0.384 e. The van der Waals surface area contributed by atoms with Crippen LogP contribution in [0.2, 0.25) is 0 Å². The molecule has 0 spiro atoms. The number of halogens is 1. The fourth-order valence-electron chi connectivity index (χ4n) is 4.89. The number of nitrogens with two attached hydrogens (primary N) is 1. The van der Waals surface area contributed by atoms with Gasteiger partial charge >= 0.3 is 5.69 Å². The predicted molar refractivity (Wildman–Crippen MR) is 142 cm³/mol. The molecule has 1 aliphatic heterocycles. The maximum Gasteiger partial charge on any atom is 0.332 e. The van der Waals surface area contributed by atoms with E-state index in [4.69, 9.17) is 21.8 Å². The zero-order valence-electron chi connectivity index (χ0n) is 20.6. The van der Waals surface area contributed by atoms with Gasteiger partial charge in [-0.1, -0.05) is 49.7 Å². The lowest BCUT2D eigenvalue weighted by Crippen LogP contribution is -2.38. The smallest absolute Gasteiger partial charge is 0.332 e. The molecule has 3 heterocycles. The van der Waals surface area contributed by atoms with Gasteiger partial charge in [-0.15, -0.1) is 0 Å². The summed E-state index contributed by atoms with van der Waals surface area (Å²) in [5, 5.41) is 14.3. The molecule has 0 saturated carbocycles. The van der Waals surface area contributed by atoms with E-state index >= 15 is 0 Å². The Morgan fingerprint density at radius 3 is 2.70 bits per heavy atom. The number of allylic oxidation sites excluding steroid dienone is 2. The monoisotopic (exact) mass is 542 g/mol. The van der Waals surface area contributed by atoms with Crippen molar-refractivity contribution in [1.29, 1.82) is 0 Å². The first kappa shape index (κ1) is 25.2. The summed E-state index contributed by atoms with van der Waals surface area (Å²) in [5.41, 5.74) is 1.10. The van der Waals surface area contributed by atoms with E-state index in [1.54, 1.807) is 16.8 Å². The third kappa shape index (κ3) is 4.47. The van der Waals surface area contributed by atoms with E-state index in [0.29, 0.717) is 22.8 Å². The van der Waals surface area contributed by atoms with E-state index in [1.165, 1.54) is 23.7 Å². The van der Waals surface area contributed by atoms with Crippen molar-refractivity contribution in [3.8, 4) is 11.3 Å². The first-order valence-corrected chi connectivity index (χ1v) is 13.7. The SMILES string of the molecule is CC(C)Cn1c(=O)n(C)c(=O)c2c(-c3cccc(S(N)(=O)=O)c3)n(CC3=CNC4C=CC(Cl)=CC34)nc21. The molecule has 37 heavy (non-hydrogen) atoms. The normalized spacial score (nSPS) is 19.2. The van der Waals surface area contributed by atoms with Crippen LogP contribution in [0.15, 0.2) is 73.8 Å². The number of primary sulfonamides is 1. The second-order valence-corrected chi connectivity index (χ2v) is 11.8. The van der Waals surface area contributed by atoms with Gasteiger partial charge in [0.15, 0.2) is 5.65 Å². The zero-order valence-corrected chi connectivity index (χ0v) is 22.1. The van der Waals surface area contributed by atoms with Gasteiger partial charge in [0.25, 0.3) is 5.56 Å². The average molecular weight is 543 g/mol. The highest BCUT2D eigenvalue weighted by atomic mass is 35.5. The molecule has 2 aliphatic rings. The van der Waals surface area contributed by atoms with Gasteiger partial charge in [0.05, 0.1) is 23.2 Å². The molecule has 10 nitrogen and oxygen atoms in total. The molecule has 3 aromatic rings. The third-order valence-electron chi connectivity index (χ3n) is 6.62. The highest BCUT2D eigenvalue weighted by Crippen LogP contribution is 2.34. The van der Waals surface area contributed by atoms with Crippen molar-refractivity contribution < 1.29 is 8.42 Å². The summed E-state index contributed by atoms with van der Waals surface area (Å²) < 4.78 is 28.4. The molecule has 12 heteroatoms. The summed E-state index contributed by atoms with van der Waals surface area (Å²) in [6, 6.07) is 6.12. The Morgan fingerprint density at radius 2 is 2.00 bits per heavy atom. The Balaban J connectivity index is 1.78. The van der Waals surface area contributed by atoms with Crippen LogP contribution in [0, 0.1) is 11.8 Å². The molecule has 1 aliphatic carbocycles. The molecule has 2 aromatic heterocycles. The molecule has 1 aromatic carbocycles. The molecule has 0 amide bonds. The topological polar surface area (TPSA) is 134 Å². The van der Waals surface area contributed by atoms with Gasteiger partial charge in [-0.2, -0.15) is 5.10 Å². The van der Waals surface area contributed by atoms with Gasteiger partial charge in [0, 0.05) is 30.1 Å². The third-order valence-corrected chi connectivity index (χ3v) is 7.78. The molecule has 0 fully saturated rings. The lowest BCUT2D eigenvalue weighted by Gasteiger charge is -2.20. The summed E-state index contributed by atoms with van der Waals surface area (Å²) >= 11 is 6.27. The van der Waals surface area contributed by atoms with Gasteiger partial charge in [-0.05, 0) is 35.9 Å². The quantitative estimate of drug-likeness (QED) is 0.489. The molecule has 2 atom stereocenters. The largest absolute Gasteiger partial charge is 0.384 e. The predicted octanol–water partition coefficient (Wildman–Crippen LogP) is 2.03. The van der Waals surface area contributed by atoms with E-state index in [1.807, 2.05) is 38.3 Å². The number of hydrogen-bond acceptors (Lipinski definition) is 6. The molecule has 0 bridgehead atoms. The van der Waals surface area contributed by atoms with Crippen LogP contribution in [0.4, 0.5) is 0 Å². The Hall–Kier alpha value is -3.41. The first-order chi connectivity index (χ1) is 17.5. The van der Waals surface area contributed by atoms with Crippen molar-refractivity contribution >= 4 is 32.7 Å². The van der Waals surface area contributed by atoms with Crippen molar-refractivity contribution in [2.45, 2.75) is 37.9 Å². The Bertz CT molecular complexity index is 1740. The van der Waals surface area contributed by atoms with E-state index in [2.05, 4.69) is 5.32 Å². The lowest BCUT2D eigenvalue weighted by atomic mass is 9.91. The van der Waals surface area contributed by atoms with E-state index in [0.717, 1.165) is 10.1 Å². The molecule has 0 saturated heterocycles. The van der Waals surface area contributed by atoms with Crippen molar-refractivity contribution in [2.75, 3.05) is 0 Å². The molecule has 5 rings (SSSR count). The van der Waals surface area contributed by atoms with Crippen molar-refractivity contribution in [2.24, 2.45) is 24.0 Å². The van der Waals surface area contributed by atoms with Crippen molar-refractivity contribution in [3.63, 3.8) is 0 Å². The van der Waals surface area contributed by atoms with Crippen LogP contribution in [0.25, 0.3) is 22.3 Å². The standard InChI is InChI=1S/C25H27ClN6O4S/c1-14(2)12-31-23-21(24(33)30(3)25(31)34)22(15-5-4-6-18(9-15)37(27,35)36)32(29-23)13-16-11-28-20-8-7-17(26)10-19(16)20/h4-11,14,19-20,28H,12-13H2,1-3H3,(H2,27,35,36). The van der Waals surface area contributed by atoms with E-state index < -0.39 is 21.3 Å². The summed E-state index contributed by atoms with van der Waals surface area (Å²) in [7, 11) is -2.57. The summed E-state index contributed by atoms with van der Waals surface area (Å²) in [6.45, 7) is 4.58. The maximum absolute atomic E-state index is 13.5. The average Bonchev–Trinajstić information content (AvgIpc) is 3.41. The molecular formula is C25H27ClN6O4S. The number of nitrogens with one attached hydrogen (secondary N) is 1. The van der Waals surface area contributed by atoms with E-state index in [9.17, 15) is 18.0 Å².